The van der Waals surface area contributed by atoms with E-state index in [1.54, 1.807) is 11.3 Å². The standard InChI is InChI=1S/C20H24N4OS2/c1-5-24-17(11-16-7-6-8-26-16)22-23-20(24)27-12-18(25)21-19-14(3)9-13(2)10-15(19)4/h6-10H,5,11-12H2,1-4H3,(H,21,25). The molecular weight excluding hydrogens is 376 g/mol. The maximum Gasteiger partial charge on any atom is 0.234 e. The molecule has 0 atom stereocenters. The van der Waals surface area contributed by atoms with Crippen LogP contribution in [-0.2, 0) is 17.8 Å². The van der Waals surface area contributed by atoms with Crippen molar-refractivity contribution in [1.82, 2.24) is 14.8 Å². The molecule has 0 fully saturated rings. The summed E-state index contributed by atoms with van der Waals surface area (Å²) in [6.45, 7) is 8.96. The Bertz CT molecular complexity index is 909. The average Bonchev–Trinajstić information content (AvgIpc) is 3.26. The smallest absolute Gasteiger partial charge is 0.234 e. The number of rotatable bonds is 7. The molecular formula is C20H24N4OS2. The highest BCUT2D eigenvalue weighted by Gasteiger charge is 2.15. The third-order valence-corrected chi connectivity index (χ3v) is 6.14. The fourth-order valence-electron chi connectivity index (χ4n) is 3.13. The molecule has 0 radical (unpaired) electrons. The fraction of sp³-hybridized carbons (Fsp3) is 0.350. The predicted molar refractivity (Wildman–Crippen MR) is 113 cm³/mol. The molecule has 1 N–H and O–H groups in total. The third kappa shape index (κ3) is 4.78. The Morgan fingerprint density at radius 3 is 2.59 bits per heavy atom. The number of thiophene rings is 1. The van der Waals surface area contributed by atoms with Crippen molar-refractivity contribution in [3.8, 4) is 0 Å². The molecule has 27 heavy (non-hydrogen) atoms. The van der Waals surface area contributed by atoms with Crippen molar-refractivity contribution in [3.63, 3.8) is 0 Å². The molecule has 142 valence electrons. The Balaban J connectivity index is 1.65. The summed E-state index contributed by atoms with van der Waals surface area (Å²) in [5.74, 6) is 1.22. The van der Waals surface area contributed by atoms with E-state index in [2.05, 4.69) is 57.5 Å². The van der Waals surface area contributed by atoms with Gasteiger partial charge in [-0.05, 0) is 50.3 Å². The van der Waals surface area contributed by atoms with Gasteiger partial charge in [-0.2, -0.15) is 0 Å². The number of carbonyl (C=O) groups is 1. The van der Waals surface area contributed by atoms with Gasteiger partial charge in [-0.15, -0.1) is 21.5 Å². The van der Waals surface area contributed by atoms with Gasteiger partial charge in [0.25, 0.3) is 0 Å². The molecule has 0 aliphatic rings. The van der Waals surface area contributed by atoms with E-state index >= 15 is 0 Å². The van der Waals surface area contributed by atoms with Crippen LogP contribution in [0.15, 0.2) is 34.8 Å². The van der Waals surface area contributed by atoms with Crippen molar-refractivity contribution < 1.29 is 4.79 Å². The van der Waals surface area contributed by atoms with E-state index in [9.17, 15) is 4.79 Å². The van der Waals surface area contributed by atoms with Gasteiger partial charge in [0.15, 0.2) is 5.16 Å². The normalized spacial score (nSPS) is 11.0. The van der Waals surface area contributed by atoms with Crippen LogP contribution in [0.2, 0.25) is 0 Å². The van der Waals surface area contributed by atoms with Gasteiger partial charge in [-0.25, -0.2) is 0 Å². The van der Waals surface area contributed by atoms with Gasteiger partial charge < -0.3 is 9.88 Å². The van der Waals surface area contributed by atoms with Crippen molar-refractivity contribution in [2.45, 2.75) is 45.8 Å². The molecule has 0 bridgehead atoms. The van der Waals surface area contributed by atoms with E-state index in [-0.39, 0.29) is 5.91 Å². The quantitative estimate of drug-likeness (QED) is 0.589. The molecule has 3 rings (SSSR count). The lowest BCUT2D eigenvalue weighted by atomic mass is 10.1. The predicted octanol–water partition coefficient (Wildman–Crippen LogP) is 4.61. The number of aryl methyl sites for hydroxylation is 3. The highest BCUT2D eigenvalue weighted by atomic mass is 32.2. The lowest BCUT2D eigenvalue weighted by Gasteiger charge is -2.13. The lowest BCUT2D eigenvalue weighted by molar-refractivity contribution is -0.113. The van der Waals surface area contributed by atoms with Gasteiger partial charge >= 0.3 is 0 Å². The Morgan fingerprint density at radius 1 is 1.22 bits per heavy atom. The highest BCUT2D eigenvalue weighted by Crippen LogP contribution is 2.24. The van der Waals surface area contributed by atoms with E-state index < -0.39 is 0 Å². The molecule has 2 aromatic heterocycles. The summed E-state index contributed by atoms with van der Waals surface area (Å²) >= 11 is 3.15. The van der Waals surface area contributed by atoms with Crippen LogP contribution in [0, 0.1) is 20.8 Å². The molecule has 0 unspecified atom stereocenters. The van der Waals surface area contributed by atoms with Crippen LogP contribution in [0.4, 0.5) is 5.69 Å². The number of anilines is 1. The number of amides is 1. The number of benzene rings is 1. The summed E-state index contributed by atoms with van der Waals surface area (Å²) in [6.07, 6.45) is 0.771. The first-order valence-corrected chi connectivity index (χ1v) is 10.8. The van der Waals surface area contributed by atoms with Crippen molar-refractivity contribution in [2.24, 2.45) is 0 Å². The SMILES string of the molecule is CCn1c(Cc2cccs2)nnc1SCC(=O)Nc1c(C)cc(C)cc1C. The summed E-state index contributed by atoms with van der Waals surface area (Å²) < 4.78 is 2.08. The maximum atomic E-state index is 12.5. The van der Waals surface area contributed by atoms with Gasteiger partial charge in [0, 0.05) is 23.5 Å². The summed E-state index contributed by atoms with van der Waals surface area (Å²) in [5.41, 5.74) is 4.27. The van der Waals surface area contributed by atoms with Gasteiger partial charge in [0.05, 0.1) is 5.75 Å². The Morgan fingerprint density at radius 2 is 1.96 bits per heavy atom. The summed E-state index contributed by atoms with van der Waals surface area (Å²) in [5, 5.41) is 14.5. The van der Waals surface area contributed by atoms with Crippen molar-refractivity contribution in [1.29, 1.82) is 0 Å². The minimum Gasteiger partial charge on any atom is -0.325 e. The minimum atomic E-state index is -0.0273. The second kappa shape index (κ2) is 8.71. The summed E-state index contributed by atoms with van der Waals surface area (Å²) in [7, 11) is 0. The number of hydrogen-bond donors (Lipinski definition) is 1. The number of hydrogen-bond acceptors (Lipinski definition) is 5. The molecule has 0 saturated carbocycles. The Labute approximate surface area is 168 Å². The first-order chi connectivity index (χ1) is 13.0. The van der Waals surface area contributed by atoms with Crippen LogP contribution >= 0.6 is 23.1 Å². The number of nitrogens with one attached hydrogen (secondary N) is 1. The molecule has 0 aliphatic carbocycles. The topological polar surface area (TPSA) is 59.8 Å². The molecule has 0 spiro atoms. The van der Waals surface area contributed by atoms with E-state index in [1.807, 2.05) is 19.9 Å². The van der Waals surface area contributed by atoms with Gasteiger partial charge in [0.2, 0.25) is 5.91 Å². The molecule has 2 heterocycles. The zero-order chi connectivity index (χ0) is 19.4. The fourth-order valence-corrected chi connectivity index (χ4v) is 4.65. The largest absolute Gasteiger partial charge is 0.325 e. The number of aromatic nitrogens is 3. The van der Waals surface area contributed by atoms with E-state index in [1.165, 1.54) is 22.2 Å². The molecule has 1 aromatic carbocycles. The van der Waals surface area contributed by atoms with Gasteiger partial charge in [0.1, 0.15) is 5.82 Å². The average molecular weight is 401 g/mol. The van der Waals surface area contributed by atoms with Crippen LogP contribution < -0.4 is 5.32 Å². The molecule has 1 amide bonds. The summed E-state index contributed by atoms with van der Waals surface area (Å²) in [4.78, 5) is 13.7. The minimum absolute atomic E-state index is 0.0273. The van der Waals surface area contributed by atoms with Crippen LogP contribution in [0.5, 0.6) is 0 Å². The zero-order valence-electron chi connectivity index (χ0n) is 16.1. The van der Waals surface area contributed by atoms with Crippen LogP contribution in [-0.4, -0.2) is 26.4 Å². The molecule has 5 nitrogen and oxygen atoms in total. The molecule has 7 heteroatoms. The van der Waals surface area contributed by atoms with Crippen LogP contribution in [0.25, 0.3) is 0 Å². The second-order valence-corrected chi connectivity index (χ2v) is 8.48. The van der Waals surface area contributed by atoms with Crippen LogP contribution in [0.3, 0.4) is 0 Å². The van der Waals surface area contributed by atoms with Gasteiger partial charge in [-0.1, -0.05) is 35.5 Å². The molecule has 3 aromatic rings. The number of nitrogens with zero attached hydrogens (tertiary/aromatic N) is 3. The van der Waals surface area contributed by atoms with Gasteiger partial charge in [-0.3, -0.25) is 4.79 Å². The van der Waals surface area contributed by atoms with E-state index in [4.69, 9.17) is 0 Å². The van der Waals surface area contributed by atoms with Crippen molar-refractivity contribution in [3.05, 3.63) is 57.0 Å². The zero-order valence-corrected chi connectivity index (χ0v) is 17.7. The number of carbonyl (C=O) groups excluding carboxylic acids is 1. The first-order valence-electron chi connectivity index (χ1n) is 8.93. The highest BCUT2D eigenvalue weighted by molar-refractivity contribution is 7.99. The second-order valence-electron chi connectivity index (χ2n) is 6.51. The maximum absolute atomic E-state index is 12.5. The monoisotopic (exact) mass is 400 g/mol. The Hall–Kier alpha value is -2.12. The summed E-state index contributed by atoms with van der Waals surface area (Å²) in [6, 6.07) is 8.31. The van der Waals surface area contributed by atoms with E-state index in [0.717, 1.165) is 40.8 Å². The van der Waals surface area contributed by atoms with Crippen molar-refractivity contribution in [2.75, 3.05) is 11.1 Å². The molecule has 0 saturated heterocycles. The first kappa shape index (κ1) is 19.6. The van der Waals surface area contributed by atoms with E-state index in [0.29, 0.717) is 5.75 Å². The molecule has 0 aliphatic heterocycles. The Kier molecular flexibility index (Phi) is 6.34. The number of thioether (sulfide) groups is 1. The lowest BCUT2D eigenvalue weighted by Crippen LogP contribution is -2.16. The third-order valence-electron chi connectivity index (χ3n) is 4.30. The van der Waals surface area contributed by atoms with Crippen LogP contribution in [0.1, 0.15) is 34.3 Å². The van der Waals surface area contributed by atoms with Crippen molar-refractivity contribution >= 4 is 34.7 Å².